The van der Waals surface area contributed by atoms with Gasteiger partial charge in [-0.3, -0.25) is 9.69 Å². The predicted molar refractivity (Wildman–Crippen MR) is 105 cm³/mol. The molecular formula is C16H20F4IN5O2. The largest absolute Gasteiger partial charge is 0.416 e. The summed E-state index contributed by atoms with van der Waals surface area (Å²) in [5.41, 5.74) is -1.25. The fourth-order valence-electron chi connectivity index (χ4n) is 2.42. The molecule has 28 heavy (non-hydrogen) atoms. The van der Waals surface area contributed by atoms with Crippen molar-refractivity contribution in [1.29, 1.82) is 0 Å². The van der Waals surface area contributed by atoms with Gasteiger partial charge in [0.25, 0.3) is 0 Å². The van der Waals surface area contributed by atoms with Crippen LogP contribution >= 0.6 is 24.0 Å². The Balaban J connectivity index is 0.00000392. The zero-order chi connectivity index (χ0) is 20.0. The Bertz CT molecular complexity index is 726. The van der Waals surface area contributed by atoms with E-state index in [1.165, 1.54) is 0 Å². The third-order valence-corrected chi connectivity index (χ3v) is 3.69. The van der Waals surface area contributed by atoms with Crippen molar-refractivity contribution in [1.82, 2.24) is 20.9 Å². The quantitative estimate of drug-likeness (QED) is 0.178. The number of urea groups is 1. The fraction of sp³-hybridized carbons (Fsp3) is 0.438. The summed E-state index contributed by atoms with van der Waals surface area (Å²) in [6.07, 6.45) is -4.69. The van der Waals surface area contributed by atoms with Gasteiger partial charge in [-0.15, -0.1) is 24.0 Å². The lowest BCUT2D eigenvalue weighted by atomic mass is 10.1. The molecule has 0 aromatic heterocycles. The topological polar surface area (TPSA) is 85.8 Å². The summed E-state index contributed by atoms with van der Waals surface area (Å²) in [6, 6.07) is 1.92. The molecule has 0 aliphatic carbocycles. The van der Waals surface area contributed by atoms with Crippen LogP contribution in [0.5, 0.6) is 0 Å². The van der Waals surface area contributed by atoms with Gasteiger partial charge < -0.3 is 16.0 Å². The number of nitrogens with zero attached hydrogens (tertiary/aromatic N) is 2. The Morgan fingerprint density at radius 2 is 2.00 bits per heavy atom. The number of hydrogen-bond donors (Lipinski definition) is 3. The van der Waals surface area contributed by atoms with E-state index in [4.69, 9.17) is 0 Å². The van der Waals surface area contributed by atoms with E-state index in [9.17, 15) is 27.2 Å². The van der Waals surface area contributed by atoms with Crippen molar-refractivity contribution in [3.05, 3.63) is 35.1 Å². The number of carbonyl (C=O) groups is 2. The highest BCUT2D eigenvalue weighted by molar-refractivity contribution is 14.0. The molecule has 0 atom stereocenters. The van der Waals surface area contributed by atoms with Crippen LogP contribution in [0.2, 0.25) is 0 Å². The van der Waals surface area contributed by atoms with Gasteiger partial charge in [0.1, 0.15) is 5.82 Å². The molecular weight excluding hydrogens is 497 g/mol. The maximum atomic E-state index is 13.1. The smallest absolute Gasteiger partial charge is 0.357 e. The summed E-state index contributed by atoms with van der Waals surface area (Å²) < 4.78 is 52.2. The molecule has 1 aromatic rings. The fourth-order valence-corrected chi connectivity index (χ4v) is 2.42. The second-order valence-electron chi connectivity index (χ2n) is 5.63. The highest BCUT2D eigenvalue weighted by Gasteiger charge is 2.33. The number of benzene rings is 1. The van der Waals surface area contributed by atoms with Crippen LogP contribution < -0.4 is 16.0 Å². The molecule has 1 saturated heterocycles. The van der Waals surface area contributed by atoms with E-state index in [1.807, 2.05) is 0 Å². The van der Waals surface area contributed by atoms with Gasteiger partial charge in [-0.05, 0) is 24.6 Å². The minimum absolute atomic E-state index is 0. The van der Waals surface area contributed by atoms with E-state index >= 15 is 0 Å². The van der Waals surface area contributed by atoms with Crippen LogP contribution in [0.1, 0.15) is 18.1 Å². The van der Waals surface area contributed by atoms with E-state index in [1.54, 1.807) is 6.92 Å². The Kier molecular flexibility index (Phi) is 8.91. The molecule has 3 N–H and O–H groups in total. The van der Waals surface area contributed by atoms with E-state index < -0.39 is 23.6 Å². The number of aliphatic imine (C=N–C) groups is 1. The molecule has 7 nitrogen and oxygen atoms in total. The number of alkyl halides is 3. The maximum Gasteiger partial charge on any atom is 0.416 e. The van der Waals surface area contributed by atoms with Gasteiger partial charge in [-0.2, -0.15) is 13.2 Å². The summed E-state index contributed by atoms with van der Waals surface area (Å²) in [5.74, 6) is -1.12. The summed E-state index contributed by atoms with van der Waals surface area (Å²) in [4.78, 5) is 28.0. The van der Waals surface area contributed by atoms with Gasteiger partial charge in [0.05, 0.1) is 18.7 Å². The van der Waals surface area contributed by atoms with E-state index in [0.717, 1.165) is 17.0 Å². The average molecular weight is 517 g/mol. The number of imide groups is 1. The van der Waals surface area contributed by atoms with Crippen LogP contribution in [-0.2, 0) is 17.5 Å². The van der Waals surface area contributed by atoms with E-state index in [2.05, 4.69) is 20.9 Å². The number of guanidine groups is 1. The SMILES string of the molecule is CCNC(=NCc1ccc(F)cc1C(F)(F)F)NCCN1C(=O)CNC1=O.I. The predicted octanol–water partition coefficient (Wildman–Crippen LogP) is 2.07. The van der Waals surface area contributed by atoms with Crippen molar-refractivity contribution in [3.8, 4) is 0 Å². The first-order chi connectivity index (χ1) is 12.7. The monoisotopic (exact) mass is 517 g/mol. The summed E-state index contributed by atoms with van der Waals surface area (Å²) in [6.45, 7) is 2.09. The normalized spacial score (nSPS) is 14.6. The van der Waals surface area contributed by atoms with Crippen LogP contribution in [0.15, 0.2) is 23.2 Å². The molecule has 0 unspecified atom stereocenters. The molecule has 0 saturated carbocycles. The van der Waals surface area contributed by atoms with Gasteiger partial charge in [0.15, 0.2) is 5.96 Å². The number of carbonyl (C=O) groups excluding carboxylic acids is 2. The molecule has 1 heterocycles. The third kappa shape index (κ3) is 6.49. The molecule has 1 fully saturated rings. The standard InChI is InChI=1S/C16H19F4N5O2.HI/c1-2-21-14(22-5-6-25-13(26)9-24-15(25)27)23-8-10-3-4-11(17)7-12(10)16(18,19)20;/h3-4,7H,2,5-6,8-9H2,1H3,(H,24,27)(H2,21,22,23);1H. The lowest BCUT2D eigenvalue weighted by Gasteiger charge is -2.16. The molecule has 156 valence electrons. The zero-order valence-corrected chi connectivity index (χ0v) is 17.2. The molecule has 0 radical (unpaired) electrons. The lowest BCUT2D eigenvalue weighted by Crippen LogP contribution is -2.43. The van der Waals surface area contributed by atoms with Crippen molar-refractivity contribution < 1.29 is 27.2 Å². The second-order valence-corrected chi connectivity index (χ2v) is 5.63. The zero-order valence-electron chi connectivity index (χ0n) is 14.9. The molecule has 12 heteroatoms. The molecule has 3 amide bonds. The summed E-state index contributed by atoms with van der Waals surface area (Å²) >= 11 is 0. The molecule has 2 rings (SSSR count). The van der Waals surface area contributed by atoms with Crippen LogP contribution in [0.3, 0.4) is 0 Å². The van der Waals surface area contributed by atoms with Gasteiger partial charge >= 0.3 is 12.2 Å². The van der Waals surface area contributed by atoms with Crippen molar-refractivity contribution in [2.24, 2.45) is 4.99 Å². The Morgan fingerprint density at radius 3 is 2.57 bits per heavy atom. The highest BCUT2D eigenvalue weighted by atomic mass is 127. The van der Waals surface area contributed by atoms with Crippen molar-refractivity contribution in [2.75, 3.05) is 26.2 Å². The number of halogens is 5. The molecule has 1 aliphatic rings. The minimum atomic E-state index is -4.69. The number of hydrogen-bond acceptors (Lipinski definition) is 3. The van der Waals surface area contributed by atoms with Crippen molar-refractivity contribution in [3.63, 3.8) is 0 Å². The first-order valence-corrected chi connectivity index (χ1v) is 8.18. The highest BCUT2D eigenvalue weighted by Crippen LogP contribution is 2.32. The van der Waals surface area contributed by atoms with Crippen LogP contribution in [0.4, 0.5) is 22.4 Å². The summed E-state index contributed by atoms with van der Waals surface area (Å²) in [5, 5.41) is 8.07. The maximum absolute atomic E-state index is 13.1. The van der Waals surface area contributed by atoms with Crippen LogP contribution in [-0.4, -0.2) is 49.0 Å². The van der Waals surface area contributed by atoms with Gasteiger partial charge in [0.2, 0.25) is 5.91 Å². The lowest BCUT2D eigenvalue weighted by molar-refractivity contribution is -0.138. The first-order valence-electron chi connectivity index (χ1n) is 8.18. The van der Waals surface area contributed by atoms with Gasteiger partial charge in [-0.25, -0.2) is 14.2 Å². The third-order valence-electron chi connectivity index (χ3n) is 3.69. The number of rotatable bonds is 6. The van der Waals surface area contributed by atoms with Crippen molar-refractivity contribution >= 4 is 41.9 Å². The average Bonchev–Trinajstić information content (AvgIpc) is 2.91. The van der Waals surface area contributed by atoms with Crippen molar-refractivity contribution in [2.45, 2.75) is 19.6 Å². The van der Waals surface area contributed by atoms with Gasteiger partial charge in [-0.1, -0.05) is 6.07 Å². The minimum Gasteiger partial charge on any atom is -0.357 e. The second kappa shape index (κ2) is 10.4. The van der Waals surface area contributed by atoms with E-state index in [0.29, 0.717) is 12.6 Å². The van der Waals surface area contributed by atoms with Gasteiger partial charge in [0, 0.05) is 19.6 Å². The Hall–Kier alpha value is -2.12. The van der Waals surface area contributed by atoms with Crippen LogP contribution in [0.25, 0.3) is 0 Å². The Labute approximate surface area is 176 Å². The summed E-state index contributed by atoms with van der Waals surface area (Å²) in [7, 11) is 0. The number of amides is 3. The number of nitrogens with one attached hydrogen (secondary N) is 3. The first kappa shape index (κ1) is 23.9. The molecule has 1 aromatic carbocycles. The van der Waals surface area contributed by atoms with Crippen LogP contribution in [0, 0.1) is 5.82 Å². The molecule has 0 bridgehead atoms. The van der Waals surface area contributed by atoms with E-state index in [-0.39, 0.29) is 67.6 Å². The Morgan fingerprint density at radius 1 is 1.29 bits per heavy atom. The molecule has 0 spiro atoms. The molecule has 1 aliphatic heterocycles.